The summed E-state index contributed by atoms with van der Waals surface area (Å²) in [6.07, 6.45) is 10.5. The van der Waals surface area contributed by atoms with Gasteiger partial charge < -0.3 is 5.11 Å². The number of hydrogen-bond acceptors (Lipinski definition) is 3. The van der Waals surface area contributed by atoms with Crippen LogP contribution in [0, 0.1) is 5.41 Å². The summed E-state index contributed by atoms with van der Waals surface area (Å²) in [5.41, 5.74) is 2.09. The van der Waals surface area contributed by atoms with Crippen LogP contribution in [0.5, 0.6) is 0 Å². The minimum absolute atomic E-state index is 0.0136. The van der Waals surface area contributed by atoms with E-state index in [1.54, 1.807) is 13.0 Å². The van der Waals surface area contributed by atoms with Crippen LogP contribution >= 0.6 is 0 Å². The molecule has 2 unspecified atom stereocenters. The second-order valence-electron chi connectivity index (χ2n) is 4.74. The van der Waals surface area contributed by atoms with Crippen molar-refractivity contribution >= 4 is 5.91 Å². The van der Waals surface area contributed by atoms with Crippen LogP contribution in [0.2, 0.25) is 0 Å². The number of amides is 1. The molecular formula is C14H22N2O2. The lowest BCUT2D eigenvalue weighted by molar-refractivity contribution is -0.128. The van der Waals surface area contributed by atoms with Crippen molar-refractivity contribution in [2.45, 2.75) is 26.3 Å². The number of aliphatic hydroxyl groups excluding tert-OH is 1. The highest BCUT2D eigenvalue weighted by Gasteiger charge is 2.43. The van der Waals surface area contributed by atoms with Gasteiger partial charge in [-0.3, -0.25) is 10.2 Å². The molecule has 1 amide bonds. The quantitative estimate of drug-likeness (QED) is 0.553. The highest BCUT2D eigenvalue weighted by molar-refractivity contribution is 5.84. The van der Waals surface area contributed by atoms with Crippen LogP contribution in [0.25, 0.3) is 0 Å². The van der Waals surface area contributed by atoms with E-state index in [1.807, 2.05) is 23.2 Å². The van der Waals surface area contributed by atoms with E-state index in [1.165, 1.54) is 0 Å². The Morgan fingerprint density at radius 1 is 1.61 bits per heavy atom. The molecule has 1 fully saturated rings. The van der Waals surface area contributed by atoms with Gasteiger partial charge in [0.2, 0.25) is 5.91 Å². The van der Waals surface area contributed by atoms with Gasteiger partial charge in [-0.2, -0.15) is 0 Å². The van der Waals surface area contributed by atoms with Crippen molar-refractivity contribution < 1.29 is 9.90 Å². The Balaban J connectivity index is 2.82. The molecule has 0 aliphatic carbocycles. The van der Waals surface area contributed by atoms with Gasteiger partial charge in [-0.1, -0.05) is 43.9 Å². The number of allylic oxidation sites excluding steroid dienone is 3. The van der Waals surface area contributed by atoms with E-state index < -0.39 is 5.41 Å². The molecule has 1 rings (SSSR count). The fourth-order valence-electron chi connectivity index (χ4n) is 1.79. The second-order valence-corrected chi connectivity index (χ2v) is 4.74. The Labute approximate surface area is 109 Å². The molecule has 1 aliphatic heterocycles. The van der Waals surface area contributed by atoms with Gasteiger partial charge in [0.1, 0.15) is 0 Å². The van der Waals surface area contributed by atoms with Gasteiger partial charge in [-0.05, 0) is 13.3 Å². The molecule has 1 aliphatic rings. The summed E-state index contributed by atoms with van der Waals surface area (Å²) in [5, 5.41) is 11.1. The normalized spacial score (nSPS) is 26.9. The molecule has 2 N–H and O–H groups in total. The van der Waals surface area contributed by atoms with Gasteiger partial charge in [-0.15, -0.1) is 0 Å². The molecule has 0 bridgehead atoms. The molecule has 0 radical (unpaired) electrons. The van der Waals surface area contributed by atoms with Crippen LogP contribution in [0.15, 0.2) is 37.0 Å². The summed E-state index contributed by atoms with van der Waals surface area (Å²) in [6.45, 7) is 7.81. The lowest BCUT2D eigenvalue weighted by Gasteiger charge is -2.23. The van der Waals surface area contributed by atoms with E-state index in [0.29, 0.717) is 6.54 Å². The maximum absolute atomic E-state index is 11.8. The molecular weight excluding hydrogens is 228 g/mol. The van der Waals surface area contributed by atoms with Crippen LogP contribution < -0.4 is 5.43 Å². The maximum Gasteiger partial charge on any atom is 0.243 e. The zero-order chi connectivity index (χ0) is 13.6. The van der Waals surface area contributed by atoms with Crippen molar-refractivity contribution in [1.29, 1.82) is 0 Å². The van der Waals surface area contributed by atoms with E-state index in [4.69, 9.17) is 0 Å². The molecule has 0 aromatic rings. The van der Waals surface area contributed by atoms with Crippen LogP contribution in [0.4, 0.5) is 0 Å². The Hall–Kier alpha value is -1.39. The van der Waals surface area contributed by atoms with E-state index in [2.05, 4.69) is 25.0 Å². The fourth-order valence-corrected chi connectivity index (χ4v) is 1.79. The van der Waals surface area contributed by atoms with Crippen LogP contribution in [-0.4, -0.2) is 35.2 Å². The lowest BCUT2D eigenvalue weighted by atomic mass is 9.92. The first kappa shape index (κ1) is 14.7. The number of carbonyl (C=O) groups is 1. The van der Waals surface area contributed by atoms with E-state index >= 15 is 0 Å². The van der Waals surface area contributed by atoms with Gasteiger partial charge in [0.15, 0.2) is 0 Å². The second kappa shape index (κ2) is 6.52. The number of nitrogens with one attached hydrogen (secondary N) is 1. The van der Waals surface area contributed by atoms with Gasteiger partial charge >= 0.3 is 0 Å². The lowest BCUT2D eigenvalue weighted by Crippen LogP contribution is -2.39. The standard InChI is InChI=1S/C14H22N2O2/c1-4-6-8-12(9-7-5-2)16-10-14(3,11-17)13(18)15-16/h4,6-9,12,17H,1,5,10-11H2,2-3H3,(H,15,18)/b8-6-,9-7-. The molecule has 4 nitrogen and oxygen atoms in total. The third-order valence-corrected chi connectivity index (χ3v) is 3.03. The summed E-state index contributed by atoms with van der Waals surface area (Å²) in [5.74, 6) is -0.132. The summed E-state index contributed by atoms with van der Waals surface area (Å²) >= 11 is 0. The topological polar surface area (TPSA) is 52.6 Å². The molecule has 1 saturated heterocycles. The summed E-state index contributed by atoms with van der Waals surface area (Å²) in [4.78, 5) is 11.8. The molecule has 1 heterocycles. The fraction of sp³-hybridized carbons (Fsp3) is 0.500. The largest absolute Gasteiger partial charge is 0.395 e. The van der Waals surface area contributed by atoms with Gasteiger partial charge in [0, 0.05) is 6.54 Å². The summed E-state index contributed by atoms with van der Waals surface area (Å²) in [7, 11) is 0. The average Bonchev–Trinajstić information content (AvgIpc) is 2.66. The Kier molecular flexibility index (Phi) is 5.31. The Morgan fingerprint density at radius 2 is 2.33 bits per heavy atom. The van der Waals surface area contributed by atoms with Gasteiger partial charge in [0.25, 0.3) is 0 Å². The highest BCUT2D eigenvalue weighted by atomic mass is 16.3. The molecule has 100 valence electrons. The highest BCUT2D eigenvalue weighted by Crippen LogP contribution is 2.24. The molecule has 0 spiro atoms. The number of carbonyl (C=O) groups excluding carboxylic acids is 1. The van der Waals surface area contributed by atoms with Crippen molar-refractivity contribution in [3.63, 3.8) is 0 Å². The zero-order valence-electron chi connectivity index (χ0n) is 11.1. The van der Waals surface area contributed by atoms with Gasteiger partial charge in [0.05, 0.1) is 18.1 Å². The summed E-state index contributed by atoms with van der Waals surface area (Å²) in [6, 6.07) is -0.0136. The van der Waals surface area contributed by atoms with Crippen molar-refractivity contribution in [3.8, 4) is 0 Å². The smallest absolute Gasteiger partial charge is 0.243 e. The van der Waals surface area contributed by atoms with Crippen molar-refractivity contribution in [1.82, 2.24) is 10.4 Å². The summed E-state index contributed by atoms with van der Waals surface area (Å²) < 4.78 is 0. The predicted molar refractivity (Wildman–Crippen MR) is 72.6 cm³/mol. The molecule has 4 heteroatoms. The third kappa shape index (κ3) is 3.31. The number of rotatable bonds is 6. The maximum atomic E-state index is 11.8. The Bertz CT molecular complexity index is 363. The van der Waals surface area contributed by atoms with Crippen molar-refractivity contribution in [2.75, 3.05) is 13.2 Å². The molecule has 18 heavy (non-hydrogen) atoms. The molecule has 0 saturated carbocycles. The number of hydrogen-bond donors (Lipinski definition) is 2. The van der Waals surface area contributed by atoms with Crippen molar-refractivity contribution in [3.05, 3.63) is 37.0 Å². The average molecular weight is 250 g/mol. The minimum atomic E-state index is -0.722. The molecule has 0 aromatic carbocycles. The first-order valence-electron chi connectivity index (χ1n) is 6.22. The van der Waals surface area contributed by atoms with Crippen LogP contribution in [-0.2, 0) is 4.79 Å². The van der Waals surface area contributed by atoms with Crippen molar-refractivity contribution in [2.24, 2.45) is 5.41 Å². The zero-order valence-corrected chi connectivity index (χ0v) is 11.1. The molecule has 2 atom stereocenters. The number of aliphatic hydroxyl groups is 1. The number of nitrogens with zero attached hydrogens (tertiary/aromatic N) is 1. The van der Waals surface area contributed by atoms with E-state index in [0.717, 1.165) is 6.42 Å². The SMILES string of the molecule is C=C/C=C\C(/C=C\CC)N1CC(C)(CO)C(=O)N1. The van der Waals surface area contributed by atoms with Gasteiger partial charge in [-0.25, -0.2) is 5.01 Å². The Morgan fingerprint density at radius 3 is 2.83 bits per heavy atom. The monoisotopic (exact) mass is 250 g/mol. The van der Waals surface area contributed by atoms with E-state index in [9.17, 15) is 9.90 Å². The van der Waals surface area contributed by atoms with Crippen LogP contribution in [0.3, 0.4) is 0 Å². The number of hydrazine groups is 1. The molecule has 0 aromatic heterocycles. The minimum Gasteiger partial charge on any atom is -0.395 e. The van der Waals surface area contributed by atoms with E-state index in [-0.39, 0.29) is 18.6 Å². The van der Waals surface area contributed by atoms with Crippen LogP contribution in [0.1, 0.15) is 20.3 Å². The first-order valence-corrected chi connectivity index (χ1v) is 6.22. The third-order valence-electron chi connectivity index (χ3n) is 3.03. The first-order chi connectivity index (χ1) is 8.57. The predicted octanol–water partition coefficient (Wildman–Crippen LogP) is 1.41.